The molecule has 0 saturated carbocycles. The summed E-state index contributed by atoms with van der Waals surface area (Å²) in [5, 5.41) is 0. The van der Waals surface area contributed by atoms with Gasteiger partial charge in [0.05, 0.1) is 11.1 Å². The van der Waals surface area contributed by atoms with Crippen LogP contribution in [-0.4, -0.2) is 16.1 Å². The van der Waals surface area contributed by atoms with Crippen molar-refractivity contribution in [1.82, 2.24) is 4.31 Å². The number of hydrogen-bond acceptors (Lipinski definition) is 3. The van der Waals surface area contributed by atoms with Gasteiger partial charge in [-0.05, 0) is 41.1 Å². The third-order valence-corrected chi connectivity index (χ3v) is 4.71. The van der Waals surface area contributed by atoms with E-state index in [4.69, 9.17) is 0 Å². The Kier molecular flexibility index (Phi) is 3.57. The Morgan fingerprint density at radius 2 is 1.32 bits per heavy atom. The lowest BCUT2D eigenvalue weighted by molar-refractivity contribution is 0.0777. The molecule has 2 amide bonds. The van der Waals surface area contributed by atoms with Crippen molar-refractivity contribution in [2.45, 2.75) is 31.1 Å². The molecule has 3 nitrogen and oxygen atoms in total. The topological polar surface area (TPSA) is 37.4 Å². The predicted molar refractivity (Wildman–Crippen MR) is 87.9 cm³/mol. The molecule has 0 spiro atoms. The van der Waals surface area contributed by atoms with Crippen molar-refractivity contribution in [2.24, 2.45) is 0 Å². The molecule has 1 aliphatic heterocycles. The quantitative estimate of drug-likeness (QED) is 0.613. The lowest BCUT2D eigenvalue weighted by Gasteiger charge is -2.23. The number of fused-ring (bicyclic) bond motifs is 1. The van der Waals surface area contributed by atoms with Crippen LogP contribution in [0.5, 0.6) is 0 Å². The molecule has 0 fully saturated rings. The number of amides is 2. The van der Waals surface area contributed by atoms with Crippen molar-refractivity contribution in [3.8, 4) is 0 Å². The molecule has 0 radical (unpaired) electrons. The van der Waals surface area contributed by atoms with Crippen LogP contribution in [0.15, 0.2) is 53.4 Å². The van der Waals surface area contributed by atoms with E-state index in [9.17, 15) is 9.59 Å². The lowest BCUT2D eigenvalue weighted by atomic mass is 9.87. The third kappa shape index (κ3) is 2.44. The van der Waals surface area contributed by atoms with E-state index in [2.05, 4.69) is 20.8 Å². The van der Waals surface area contributed by atoms with Crippen LogP contribution in [0.4, 0.5) is 0 Å². The standard InChI is InChI=1S/C18H17NO2S/c1-18(2,3)14-10-6-7-11-15(14)22-19-16(20)12-8-4-5-9-13(12)17(19)21/h4-11H,1-3H3. The van der Waals surface area contributed by atoms with Crippen molar-refractivity contribution < 1.29 is 9.59 Å². The first-order valence-corrected chi connectivity index (χ1v) is 7.92. The molecular weight excluding hydrogens is 294 g/mol. The van der Waals surface area contributed by atoms with Gasteiger partial charge in [0.1, 0.15) is 0 Å². The zero-order valence-corrected chi connectivity index (χ0v) is 13.6. The summed E-state index contributed by atoms with van der Waals surface area (Å²) in [6.45, 7) is 6.36. The molecule has 0 saturated heterocycles. The molecule has 2 aromatic rings. The minimum absolute atomic E-state index is 0.0533. The minimum atomic E-state index is -0.241. The van der Waals surface area contributed by atoms with Crippen molar-refractivity contribution in [1.29, 1.82) is 0 Å². The second-order valence-electron chi connectivity index (χ2n) is 6.29. The molecule has 3 rings (SSSR count). The van der Waals surface area contributed by atoms with Crippen LogP contribution in [-0.2, 0) is 5.41 Å². The largest absolute Gasteiger partial charge is 0.272 e. The molecule has 4 heteroatoms. The van der Waals surface area contributed by atoms with Gasteiger partial charge in [0.25, 0.3) is 11.8 Å². The number of carbonyl (C=O) groups is 2. The van der Waals surface area contributed by atoms with Gasteiger partial charge < -0.3 is 0 Å². The Labute approximate surface area is 134 Å². The summed E-state index contributed by atoms with van der Waals surface area (Å²) in [7, 11) is 0. The Balaban J connectivity index is 1.97. The second-order valence-corrected chi connectivity index (χ2v) is 7.28. The van der Waals surface area contributed by atoms with Crippen LogP contribution in [0.3, 0.4) is 0 Å². The van der Waals surface area contributed by atoms with Crippen molar-refractivity contribution in [2.75, 3.05) is 0 Å². The first-order chi connectivity index (χ1) is 10.4. The highest BCUT2D eigenvalue weighted by Crippen LogP contribution is 2.37. The summed E-state index contributed by atoms with van der Waals surface area (Å²) in [5.74, 6) is -0.483. The van der Waals surface area contributed by atoms with Gasteiger partial charge in [-0.3, -0.25) is 9.59 Å². The van der Waals surface area contributed by atoms with E-state index < -0.39 is 0 Å². The molecule has 0 N–H and O–H groups in total. The highest BCUT2D eigenvalue weighted by Gasteiger charge is 2.36. The zero-order chi connectivity index (χ0) is 15.9. The monoisotopic (exact) mass is 311 g/mol. The zero-order valence-electron chi connectivity index (χ0n) is 12.8. The average Bonchev–Trinajstić information content (AvgIpc) is 2.72. The molecule has 0 bridgehead atoms. The van der Waals surface area contributed by atoms with Gasteiger partial charge in [0.2, 0.25) is 0 Å². The van der Waals surface area contributed by atoms with Crippen molar-refractivity contribution in [3.63, 3.8) is 0 Å². The van der Waals surface area contributed by atoms with Crippen LogP contribution >= 0.6 is 11.9 Å². The third-order valence-electron chi connectivity index (χ3n) is 3.64. The minimum Gasteiger partial charge on any atom is -0.268 e. The van der Waals surface area contributed by atoms with E-state index >= 15 is 0 Å². The molecule has 112 valence electrons. The first-order valence-electron chi connectivity index (χ1n) is 7.15. The predicted octanol–water partition coefficient (Wildman–Crippen LogP) is 4.29. The molecule has 1 heterocycles. The number of hydrogen-bond donors (Lipinski definition) is 0. The maximum atomic E-state index is 12.5. The van der Waals surface area contributed by atoms with Gasteiger partial charge in [0, 0.05) is 4.90 Å². The lowest BCUT2D eigenvalue weighted by Crippen LogP contribution is -2.23. The van der Waals surface area contributed by atoms with E-state index in [1.54, 1.807) is 24.3 Å². The van der Waals surface area contributed by atoms with E-state index in [0.29, 0.717) is 11.1 Å². The van der Waals surface area contributed by atoms with Crippen LogP contribution < -0.4 is 0 Å². The van der Waals surface area contributed by atoms with E-state index in [1.165, 1.54) is 16.3 Å². The van der Waals surface area contributed by atoms with Crippen molar-refractivity contribution in [3.05, 3.63) is 65.2 Å². The molecular formula is C18H17NO2S. The fourth-order valence-corrected chi connectivity index (χ4v) is 3.69. The van der Waals surface area contributed by atoms with Gasteiger partial charge >= 0.3 is 0 Å². The molecule has 0 aromatic heterocycles. The summed E-state index contributed by atoms with van der Waals surface area (Å²) in [5.41, 5.74) is 2.03. The average molecular weight is 311 g/mol. The van der Waals surface area contributed by atoms with Gasteiger partial charge in [-0.2, -0.15) is 0 Å². The van der Waals surface area contributed by atoms with Gasteiger partial charge in [-0.1, -0.05) is 51.1 Å². The Hall–Kier alpha value is -2.07. The van der Waals surface area contributed by atoms with Gasteiger partial charge in [-0.25, -0.2) is 4.31 Å². The van der Waals surface area contributed by atoms with E-state index in [0.717, 1.165) is 10.5 Å². The summed E-state index contributed by atoms with van der Waals surface area (Å²) >= 11 is 1.21. The Bertz CT molecular complexity index is 727. The smallest absolute Gasteiger partial charge is 0.268 e. The maximum absolute atomic E-state index is 12.5. The molecule has 22 heavy (non-hydrogen) atoms. The number of benzene rings is 2. The molecule has 0 atom stereocenters. The normalized spacial score (nSPS) is 14.4. The summed E-state index contributed by atoms with van der Waals surface area (Å²) in [6, 6.07) is 14.9. The Morgan fingerprint density at radius 3 is 1.86 bits per heavy atom. The fourth-order valence-electron chi connectivity index (χ4n) is 2.51. The summed E-state index contributed by atoms with van der Waals surface area (Å²) in [4.78, 5) is 25.8. The van der Waals surface area contributed by atoms with E-state index in [1.807, 2.05) is 24.3 Å². The summed E-state index contributed by atoms with van der Waals surface area (Å²) in [6.07, 6.45) is 0. The number of imide groups is 1. The molecule has 0 aliphatic carbocycles. The van der Waals surface area contributed by atoms with Gasteiger partial charge in [-0.15, -0.1) is 0 Å². The fraction of sp³-hybridized carbons (Fsp3) is 0.222. The van der Waals surface area contributed by atoms with Gasteiger partial charge in [0.15, 0.2) is 0 Å². The molecule has 1 aliphatic rings. The number of carbonyl (C=O) groups excluding carboxylic acids is 2. The molecule has 0 unspecified atom stereocenters. The van der Waals surface area contributed by atoms with Crippen LogP contribution in [0.25, 0.3) is 0 Å². The first kappa shape index (κ1) is 14.9. The number of nitrogens with zero attached hydrogens (tertiary/aromatic N) is 1. The summed E-state index contributed by atoms with van der Waals surface area (Å²) < 4.78 is 1.26. The highest BCUT2D eigenvalue weighted by molar-refractivity contribution is 7.98. The van der Waals surface area contributed by atoms with Crippen molar-refractivity contribution >= 4 is 23.8 Å². The molecule has 2 aromatic carbocycles. The van der Waals surface area contributed by atoms with E-state index in [-0.39, 0.29) is 17.2 Å². The van der Waals surface area contributed by atoms with Crippen LogP contribution in [0.1, 0.15) is 47.1 Å². The highest BCUT2D eigenvalue weighted by atomic mass is 32.2. The second kappa shape index (κ2) is 5.29. The maximum Gasteiger partial charge on any atom is 0.272 e. The van der Waals surface area contributed by atoms with Crippen LogP contribution in [0.2, 0.25) is 0 Å². The SMILES string of the molecule is CC(C)(C)c1ccccc1SN1C(=O)c2ccccc2C1=O. The Morgan fingerprint density at radius 1 is 0.818 bits per heavy atom. The van der Waals surface area contributed by atoms with Crippen LogP contribution in [0, 0.1) is 0 Å². The number of rotatable bonds is 2.